The van der Waals surface area contributed by atoms with Crippen LogP contribution in [0, 0.1) is 10.5 Å². The number of hydrogen-bond acceptors (Lipinski definition) is 2. The maximum atomic E-state index is 5.31. The van der Waals surface area contributed by atoms with Crippen molar-refractivity contribution in [3.63, 3.8) is 0 Å². The van der Waals surface area contributed by atoms with E-state index in [1.54, 1.807) is 0 Å². The van der Waals surface area contributed by atoms with Crippen LogP contribution in [0.1, 0.15) is 18.2 Å². The highest BCUT2D eigenvalue weighted by atomic mass is 127. The molecule has 0 radical (unpaired) electrons. The van der Waals surface area contributed by atoms with Gasteiger partial charge in [-0.15, -0.1) is 0 Å². The first-order chi connectivity index (χ1) is 6.74. The van der Waals surface area contributed by atoms with Crippen molar-refractivity contribution in [1.82, 2.24) is 5.16 Å². The fourth-order valence-electron chi connectivity index (χ4n) is 1.44. The molecule has 3 heteroatoms. The van der Waals surface area contributed by atoms with Crippen LogP contribution < -0.4 is 0 Å². The van der Waals surface area contributed by atoms with E-state index in [2.05, 4.69) is 46.0 Å². The minimum absolute atomic E-state index is 0.882. The summed E-state index contributed by atoms with van der Waals surface area (Å²) in [4.78, 5) is 0. The molecule has 0 aliphatic carbocycles. The van der Waals surface area contributed by atoms with Gasteiger partial charge in [0.1, 0.15) is 0 Å². The van der Waals surface area contributed by atoms with Crippen LogP contribution in [0.25, 0.3) is 17.0 Å². The van der Waals surface area contributed by atoms with Crippen molar-refractivity contribution < 1.29 is 4.52 Å². The SMILES string of the molecule is CC=Cc1c(I)ccc2c(C)noc12. The van der Waals surface area contributed by atoms with Gasteiger partial charge in [-0.2, -0.15) is 0 Å². The third-order valence-corrected chi connectivity index (χ3v) is 3.08. The van der Waals surface area contributed by atoms with E-state index in [9.17, 15) is 0 Å². The van der Waals surface area contributed by atoms with Gasteiger partial charge in [0.05, 0.1) is 5.69 Å². The minimum atomic E-state index is 0.882. The van der Waals surface area contributed by atoms with Crippen LogP contribution in [-0.4, -0.2) is 5.16 Å². The first-order valence-corrected chi connectivity index (χ1v) is 5.49. The summed E-state index contributed by atoms with van der Waals surface area (Å²) in [6.07, 6.45) is 4.06. The molecule has 1 aromatic carbocycles. The fourth-order valence-corrected chi connectivity index (χ4v) is 2.05. The summed E-state index contributed by atoms with van der Waals surface area (Å²) in [7, 11) is 0. The molecule has 0 amide bonds. The zero-order chi connectivity index (χ0) is 10.1. The van der Waals surface area contributed by atoms with E-state index in [1.165, 1.54) is 3.57 Å². The smallest absolute Gasteiger partial charge is 0.175 e. The summed E-state index contributed by atoms with van der Waals surface area (Å²) >= 11 is 2.30. The average molecular weight is 299 g/mol. The van der Waals surface area contributed by atoms with E-state index in [4.69, 9.17) is 4.52 Å². The highest BCUT2D eigenvalue weighted by molar-refractivity contribution is 14.1. The summed E-state index contributed by atoms with van der Waals surface area (Å²) in [5.41, 5.74) is 2.95. The predicted octanol–water partition coefficient (Wildman–Crippen LogP) is 3.77. The van der Waals surface area contributed by atoms with Crippen LogP contribution in [0.3, 0.4) is 0 Å². The van der Waals surface area contributed by atoms with Crippen LogP contribution in [0.15, 0.2) is 22.7 Å². The van der Waals surface area contributed by atoms with Crippen LogP contribution in [0.4, 0.5) is 0 Å². The molecule has 0 saturated carbocycles. The lowest BCUT2D eigenvalue weighted by atomic mass is 10.1. The molecule has 2 nitrogen and oxygen atoms in total. The van der Waals surface area contributed by atoms with Crippen molar-refractivity contribution in [2.75, 3.05) is 0 Å². The van der Waals surface area contributed by atoms with Gasteiger partial charge in [0.2, 0.25) is 0 Å². The molecule has 14 heavy (non-hydrogen) atoms. The van der Waals surface area contributed by atoms with Crippen molar-refractivity contribution in [3.8, 4) is 0 Å². The van der Waals surface area contributed by atoms with Gasteiger partial charge >= 0.3 is 0 Å². The van der Waals surface area contributed by atoms with Gasteiger partial charge in [0.25, 0.3) is 0 Å². The van der Waals surface area contributed by atoms with Gasteiger partial charge < -0.3 is 4.52 Å². The maximum absolute atomic E-state index is 5.31. The standard InChI is InChI=1S/C11H10INO/c1-3-4-9-10(12)6-5-8-7(2)13-14-11(8)9/h3-6H,1-2H3. The van der Waals surface area contributed by atoms with Crippen molar-refractivity contribution in [3.05, 3.63) is 33.0 Å². The molecule has 1 heterocycles. The molecule has 0 fully saturated rings. The summed E-state index contributed by atoms with van der Waals surface area (Å²) in [5.74, 6) is 0. The Morgan fingerprint density at radius 3 is 2.93 bits per heavy atom. The van der Waals surface area contributed by atoms with E-state index < -0.39 is 0 Å². The molecule has 0 aliphatic rings. The van der Waals surface area contributed by atoms with Crippen molar-refractivity contribution in [2.24, 2.45) is 0 Å². The molecule has 0 spiro atoms. The molecular formula is C11H10INO. The Hall–Kier alpha value is -0.840. The molecule has 1 aromatic heterocycles. The Labute approximate surface area is 96.1 Å². The zero-order valence-corrected chi connectivity index (χ0v) is 10.2. The van der Waals surface area contributed by atoms with Gasteiger partial charge in [-0.3, -0.25) is 0 Å². The van der Waals surface area contributed by atoms with Crippen molar-refractivity contribution in [1.29, 1.82) is 0 Å². The Morgan fingerprint density at radius 2 is 2.21 bits per heavy atom. The first-order valence-electron chi connectivity index (χ1n) is 4.41. The zero-order valence-electron chi connectivity index (χ0n) is 8.04. The lowest BCUT2D eigenvalue weighted by Crippen LogP contribution is -1.80. The molecule has 0 aliphatic heterocycles. The number of benzene rings is 1. The summed E-state index contributed by atoms with van der Waals surface area (Å²) < 4.78 is 6.49. The van der Waals surface area contributed by atoms with Crippen LogP contribution in [0.2, 0.25) is 0 Å². The molecule has 0 bridgehead atoms. The second-order valence-electron chi connectivity index (χ2n) is 3.11. The monoisotopic (exact) mass is 299 g/mol. The lowest BCUT2D eigenvalue weighted by Gasteiger charge is -1.98. The Morgan fingerprint density at radius 1 is 1.43 bits per heavy atom. The Kier molecular flexibility index (Phi) is 2.58. The van der Waals surface area contributed by atoms with Crippen LogP contribution >= 0.6 is 22.6 Å². The van der Waals surface area contributed by atoms with Gasteiger partial charge in [0, 0.05) is 14.5 Å². The summed E-state index contributed by atoms with van der Waals surface area (Å²) in [5, 5.41) is 5.06. The highest BCUT2D eigenvalue weighted by Crippen LogP contribution is 2.26. The molecule has 2 rings (SSSR count). The fraction of sp³-hybridized carbons (Fsp3) is 0.182. The molecule has 2 aromatic rings. The Bertz CT molecular complexity index is 499. The average Bonchev–Trinajstić information content (AvgIpc) is 2.53. The predicted molar refractivity (Wildman–Crippen MR) is 66.2 cm³/mol. The number of nitrogens with zero attached hydrogens (tertiary/aromatic N) is 1. The summed E-state index contributed by atoms with van der Waals surface area (Å²) in [6.45, 7) is 3.95. The molecular weight excluding hydrogens is 289 g/mol. The molecule has 0 atom stereocenters. The highest BCUT2D eigenvalue weighted by Gasteiger charge is 2.09. The van der Waals surface area contributed by atoms with Gasteiger partial charge in [-0.25, -0.2) is 0 Å². The number of allylic oxidation sites excluding steroid dienone is 1. The minimum Gasteiger partial charge on any atom is -0.355 e. The van der Waals surface area contributed by atoms with E-state index in [0.29, 0.717) is 0 Å². The maximum Gasteiger partial charge on any atom is 0.175 e. The second kappa shape index (κ2) is 3.73. The topological polar surface area (TPSA) is 26.0 Å². The quantitative estimate of drug-likeness (QED) is 0.749. The van der Waals surface area contributed by atoms with E-state index in [-0.39, 0.29) is 0 Å². The second-order valence-corrected chi connectivity index (χ2v) is 4.27. The van der Waals surface area contributed by atoms with E-state index >= 15 is 0 Å². The number of hydrogen-bond donors (Lipinski definition) is 0. The van der Waals surface area contributed by atoms with Gasteiger partial charge in [-0.1, -0.05) is 17.3 Å². The normalized spacial score (nSPS) is 11.6. The molecule has 0 N–H and O–H groups in total. The number of aromatic nitrogens is 1. The van der Waals surface area contributed by atoms with E-state index in [1.807, 2.05) is 19.9 Å². The first kappa shape index (κ1) is 9.71. The van der Waals surface area contributed by atoms with Gasteiger partial charge in [-0.05, 0) is 48.6 Å². The molecule has 0 saturated heterocycles. The number of fused-ring (bicyclic) bond motifs is 1. The molecule has 72 valence electrons. The number of rotatable bonds is 1. The Balaban J connectivity index is 2.83. The van der Waals surface area contributed by atoms with Crippen molar-refractivity contribution in [2.45, 2.75) is 13.8 Å². The third-order valence-electron chi connectivity index (χ3n) is 2.14. The third kappa shape index (κ3) is 1.45. The molecule has 0 unspecified atom stereocenters. The van der Waals surface area contributed by atoms with Crippen LogP contribution in [0.5, 0.6) is 0 Å². The summed E-state index contributed by atoms with van der Waals surface area (Å²) in [6, 6.07) is 4.14. The largest absolute Gasteiger partial charge is 0.355 e. The lowest BCUT2D eigenvalue weighted by molar-refractivity contribution is 0.450. The van der Waals surface area contributed by atoms with Gasteiger partial charge in [0.15, 0.2) is 5.58 Å². The van der Waals surface area contributed by atoms with Crippen molar-refractivity contribution >= 4 is 39.6 Å². The number of halogens is 1. The van der Waals surface area contributed by atoms with Crippen LogP contribution in [-0.2, 0) is 0 Å². The number of aryl methyl sites for hydroxylation is 1. The van der Waals surface area contributed by atoms with E-state index in [0.717, 1.165) is 22.2 Å².